The van der Waals surface area contributed by atoms with E-state index in [1.807, 2.05) is 6.07 Å². The molecular weight excluding hydrogens is 326 g/mol. The predicted molar refractivity (Wildman–Crippen MR) is 72.9 cm³/mol. The quantitative estimate of drug-likeness (QED) is 0.822. The molecule has 0 unspecified atom stereocenters. The van der Waals surface area contributed by atoms with Crippen LogP contribution in [-0.4, -0.2) is 22.6 Å². The molecule has 4 nitrogen and oxygen atoms in total. The van der Waals surface area contributed by atoms with Crippen molar-refractivity contribution in [1.82, 2.24) is 10.2 Å². The van der Waals surface area contributed by atoms with Crippen molar-refractivity contribution in [2.24, 2.45) is 0 Å². The van der Waals surface area contributed by atoms with E-state index in [1.165, 1.54) is 4.88 Å². The number of halogens is 2. The number of nitrogens with zero attached hydrogens (tertiary/aromatic N) is 2. The number of hydrogen-bond acceptors (Lipinski definition) is 5. The van der Waals surface area contributed by atoms with E-state index >= 15 is 0 Å². The molecule has 0 radical (unpaired) electrons. The molecule has 2 aromatic rings. The Morgan fingerprint density at radius 2 is 2.24 bits per heavy atom. The van der Waals surface area contributed by atoms with Crippen LogP contribution >= 0.6 is 38.9 Å². The second-order valence-corrected chi connectivity index (χ2v) is 6.25. The molecule has 0 fully saturated rings. The highest BCUT2D eigenvalue weighted by molar-refractivity contribution is 9.11. The van der Waals surface area contributed by atoms with Crippen LogP contribution in [0.15, 0.2) is 20.3 Å². The van der Waals surface area contributed by atoms with Gasteiger partial charge in [-0.15, -0.1) is 28.0 Å². The number of aryl methyl sites for hydroxylation is 1. The maximum absolute atomic E-state index is 5.58. The maximum Gasteiger partial charge on any atom is 0.315 e. The largest absolute Gasteiger partial charge is 0.408 e. The number of rotatable bonds is 6. The van der Waals surface area contributed by atoms with Gasteiger partial charge in [-0.2, -0.15) is 0 Å². The fourth-order valence-corrected chi connectivity index (χ4v) is 2.93. The minimum atomic E-state index is 0.459. The second kappa shape index (κ2) is 6.37. The molecule has 7 heteroatoms. The van der Waals surface area contributed by atoms with Crippen LogP contribution in [0.1, 0.15) is 10.8 Å². The smallest absolute Gasteiger partial charge is 0.315 e. The van der Waals surface area contributed by atoms with Gasteiger partial charge in [-0.25, -0.2) is 0 Å². The lowest BCUT2D eigenvalue weighted by atomic mass is 10.3. The molecule has 92 valence electrons. The number of alkyl halides is 1. The maximum atomic E-state index is 5.58. The molecule has 2 aromatic heterocycles. The third-order valence-electron chi connectivity index (χ3n) is 2.05. The van der Waals surface area contributed by atoms with Crippen LogP contribution in [0.3, 0.4) is 0 Å². The minimum Gasteiger partial charge on any atom is -0.408 e. The van der Waals surface area contributed by atoms with Gasteiger partial charge in [0.15, 0.2) is 0 Å². The molecule has 0 spiro atoms. The Kier molecular flexibility index (Phi) is 4.82. The highest BCUT2D eigenvalue weighted by Gasteiger charge is 2.04. The van der Waals surface area contributed by atoms with Crippen LogP contribution in [0, 0.1) is 0 Å². The van der Waals surface area contributed by atoms with Crippen LogP contribution in [-0.2, 0) is 12.8 Å². The zero-order valence-electron chi connectivity index (χ0n) is 8.95. The summed E-state index contributed by atoms with van der Waals surface area (Å²) in [6.07, 6.45) is 1.54. The van der Waals surface area contributed by atoms with Gasteiger partial charge in [0, 0.05) is 23.7 Å². The Morgan fingerprint density at radius 3 is 2.94 bits per heavy atom. The molecule has 1 N–H and O–H groups in total. The minimum absolute atomic E-state index is 0.459. The third-order valence-corrected chi connectivity index (χ3v) is 3.92. The molecule has 2 rings (SSSR count). The summed E-state index contributed by atoms with van der Waals surface area (Å²) in [6, 6.07) is 4.61. The van der Waals surface area contributed by atoms with E-state index in [0.717, 1.165) is 16.8 Å². The summed E-state index contributed by atoms with van der Waals surface area (Å²) in [4.78, 5) is 1.31. The topological polar surface area (TPSA) is 51.0 Å². The molecule has 0 atom stereocenters. The SMILES string of the molecule is ClCCc1nnc(NCCc2ccc(Br)s2)o1. The molecule has 0 aliphatic heterocycles. The van der Waals surface area contributed by atoms with E-state index in [9.17, 15) is 0 Å². The van der Waals surface area contributed by atoms with Crippen LogP contribution in [0.25, 0.3) is 0 Å². The van der Waals surface area contributed by atoms with Crippen LogP contribution in [0.2, 0.25) is 0 Å². The number of thiophene rings is 1. The summed E-state index contributed by atoms with van der Waals surface area (Å²) in [7, 11) is 0. The summed E-state index contributed by atoms with van der Waals surface area (Å²) in [5, 5.41) is 10.8. The van der Waals surface area contributed by atoms with E-state index < -0.39 is 0 Å². The molecule has 0 saturated carbocycles. The number of hydrogen-bond donors (Lipinski definition) is 1. The monoisotopic (exact) mass is 335 g/mol. The van der Waals surface area contributed by atoms with Crippen molar-refractivity contribution in [2.45, 2.75) is 12.8 Å². The van der Waals surface area contributed by atoms with Gasteiger partial charge < -0.3 is 9.73 Å². The molecule has 0 bridgehead atoms. The van der Waals surface area contributed by atoms with E-state index in [-0.39, 0.29) is 0 Å². The Bertz CT molecular complexity index is 474. The van der Waals surface area contributed by atoms with E-state index in [0.29, 0.717) is 24.2 Å². The molecule has 0 aliphatic carbocycles. The predicted octanol–water partition coefficient (Wildman–Crippen LogP) is 3.33. The van der Waals surface area contributed by atoms with Crippen molar-refractivity contribution in [2.75, 3.05) is 17.7 Å². The average Bonchev–Trinajstić information content (AvgIpc) is 2.89. The van der Waals surface area contributed by atoms with Crippen molar-refractivity contribution in [3.8, 4) is 0 Å². The first-order valence-corrected chi connectivity index (χ1v) is 7.29. The van der Waals surface area contributed by atoms with E-state index in [4.69, 9.17) is 16.0 Å². The van der Waals surface area contributed by atoms with Crippen LogP contribution in [0.5, 0.6) is 0 Å². The molecule has 17 heavy (non-hydrogen) atoms. The van der Waals surface area contributed by atoms with Gasteiger partial charge in [0.05, 0.1) is 3.79 Å². The second-order valence-electron chi connectivity index (χ2n) is 3.32. The summed E-state index contributed by atoms with van der Waals surface area (Å²) in [6.45, 7) is 0.773. The number of aromatic nitrogens is 2. The first-order chi connectivity index (χ1) is 8.28. The van der Waals surface area contributed by atoms with Gasteiger partial charge in [-0.05, 0) is 34.5 Å². The fourth-order valence-electron chi connectivity index (χ4n) is 1.29. The standard InChI is InChI=1S/C10H11BrClN3OS/c11-8-2-1-7(17-8)4-6-13-10-15-14-9(16-10)3-5-12/h1-2H,3-6H2,(H,13,15). The number of anilines is 1. The van der Waals surface area contributed by atoms with Gasteiger partial charge in [-0.1, -0.05) is 5.10 Å². The van der Waals surface area contributed by atoms with Gasteiger partial charge >= 0.3 is 6.01 Å². The molecule has 0 aromatic carbocycles. The van der Waals surface area contributed by atoms with E-state index in [2.05, 4.69) is 37.5 Å². The highest BCUT2D eigenvalue weighted by Crippen LogP contribution is 2.22. The molecular formula is C10H11BrClN3OS. The first-order valence-electron chi connectivity index (χ1n) is 5.14. The van der Waals surface area contributed by atoms with E-state index in [1.54, 1.807) is 11.3 Å². The normalized spacial score (nSPS) is 10.7. The van der Waals surface area contributed by atoms with Crippen molar-refractivity contribution in [1.29, 1.82) is 0 Å². The van der Waals surface area contributed by atoms with Crippen LogP contribution in [0.4, 0.5) is 6.01 Å². The summed E-state index contributed by atoms with van der Waals surface area (Å²) in [5.74, 6) is 1.06. The Morgan fingerprint density at radius 1 is 1.35 bits per heavy atom. The summed E-state index contributed by atoms with van der Waals surface area (Å²) < 4.78 is 6.49. The molecule has 2 heterocycles. The van der Waals surface area contributed by atoms with Crippen LogP contribution < -0.4 is 5.32 Å². The van der Waals surface area contributed by atoms with Gasteiger partial charge in [0.25, 0.3) is 0 Å². The first kappa shape index (κ1) is 12.9. The third kappa shape index (κ3) is 3.97. The summed E-state index contributed by atoms with van der Waals surface area (Å²) in [5.41, 5.74) is 0. The molecule has 0 amide bonds. The lowest BCUT2D eigenvalue weighted by molar-refractivity contribution is 0.512. The van der Waals surface area contributed by atoms with Crippen molar-refractivity contribution in [3.05, 3.63) is 26.7 Å². The Labute approximate surface area is 117 Å². The fraction of sp³-hybridized carbons (Fsp3) is 0.400. The molecule has 0 aliphatic rings. The Hall–Kier alpha value is -0.590. The zero-order valence-corrected chi connectivity index (χ0v) is 12.1. The average molecular weight is 337 g/mol. The van der Waals surface area contributed by atoms with Crippen molar-refractivity contribution in [3.63, 3.8) is 0 Å². The Balaban J connectivity index is 1.77. The summed E-state index contributed by atoms with van der Waals surface area (Å²) >= 11 is 10.7. The van der Waals surface area contributed by atoms with Gasteiger partial charge in [-0.3, -0.25) is 0 Å². The lowest BCUT2D eigenvalue weighted by Gasteiger charge is -1.98. The zero-order chi connectivity index (χ0) is 12.1. The number of nitrogens with one attached hydrogen (secondary N) is 1. The highest BCUT2D eigenvalue weighted by atomic mass is 79.9. The van der Waals surface area contributed by atoms with Gasteiger partial charge in [0.1, 0.15) is 0 Å². The molecule has 0 saturated heterocycles. The van der Waals surface area contributed by atoms with Crippen molar-refractivity contribution < 1.29 is 4.42 Å². The van der Waals surface area contributed by atoms with Crippen molar-refractivity contribution >= 4 is 44.9 Å². The lowest BCUT2D eigenvalue weighted by Crippen LogP contribution is -2.03. The van der Waals surface area contributed by atoms with Gasteiger partial charge in [0.2, 0.25) is 5.89 Å².